The molecule has 6 heteroatoms. The van der Waals surface area contributed by atoms with E-state index in [9.17, 15) is 9.18 Å². The molecule has 0 aromatic heterocycles. The fraction of sp³-hybridized carbons (Fsp3) is 0.417. The molecule has 0 bridgehead atoms. The maximum atomic E-state index is 13.5. The van der Waals surface area contributed by atoms with Crippen molar-refractivity contribution in [2.24, 2.45) is 11.7 Å². The Balaban J connectivity index is 0.00000162. The number of halogens is 3. The third-order valence-corrected chi connectivity index (χ3v) is 3.30. The largest absolute Gasteiger partial charge is 0.338 e. The van der Waals surface area contributed by atoms with E-state index in [1.807, 2.05) is 0 Å². The fourth-order valence-electron chi connectivity index (χ4n) is 2.04. The van der Waals surface area contributed by atoms with Gasteiger partial charge in [0.25, 0.3) is 5.91 Å². The lowest BCUT2D eigenvalue weighted by Crippen LogP contribution is -2.30. The molecular formula is C12H15Cl2FN2O. The minimum Gasteiger partial charge on any atom is -0.338 e. The normalized spacial score (nSPS) is 18.6. The summed E-state index contributed by atoms with van der Waals surface area (Å²) in [5.41, 5.74) is 5.59. The first-order valence-corrected chi connectivity index (χ1v) is 5.94. The van der Waals surface area contributed by atoms with Crippen LogP contribution in [0, 0.1) is 11.7 Å². The van der Waals surface area contributed by atoms with E-state index >= 15 is 0 Å². The van der Waals surface area contributed by atoms with Crippen LogP contribution >= 0.6 is 24.0 Å². The van der Waals surface area contributed by atoms with Crippen molar-refractivity contribution in [3.8, 4) is 0 Å². The van der Waals surface area contributed by atoms with Gasteiger partial charge in [0.1, 0.15) is 5.82 Å². The average molecular weight is 293 g/mol. The summed E-state index contributed by atoms with van der Waals surface area (Å²) in [6.45, 7) is 1.79. The lowest BCUT2D eigenvalue weighted by molar-refractivity contribution is 0.0783. The number of carbonyl (C=O) groups excluding carboxylic acids is 1. The summed E-state index contributed by atoms with van der Waals surface area (Å²) < 4.78 is 13.5. The molecule has 3 nitrogen and oxygen atoms in total. The first-order valence-electron chi connectivity index (χ1n) is 5.56. The topological polar surface area (TPSA) is 46.3 Å². The quantitative estimate of drug-likeness (QED) is 0.909. The lowest BCUT2D eigenvalue weighted by Gasteiger charge is -2.16. The standard InChI is InChI=1S/C12H14ClFN2O.ClH/c13-9-1-2-11(14)10(5-9)12(17)16-4-3-8(6-15)7-16;/h1-2,5,8H,3-4,6-7,15H2;1H. The maximum absolute atomic E-state index is 13.5. The highest BCUT2D eigenvalue weighted by molar-refractivity contribution is 6.31. The summed E-state index contributed by atoms with van der Waals surface area (Å²) >= 11 is 5.77. The second-order valence-electron chi connectivity index (χ2n) is 4.27. The number of carbonyl (C=O) groups is 1. The van der Waals surface area contributed by atoms with E-state index in [1.165, 1.54) is 18.2 Å². The number of hydrogen-bond donors (Lipinski definition) is 1. The van der Waals surface area contributed by atoms with Crippen LogP contribution in [0.3, 0.4) is 0 Å². The van der Waals surface area contributed by atoms with Crippen molar-refractivity contribution in [1.29, 1.82) is 0 Å². The zero-order valence-corrected chi connectivity index (χ0v) is 11.3. The predicted molar refractivity (Wildman–Crippen MR) is 71.7 cm³/mol. The van der Waals surface area contributed by atoms with Crippen LogP contribution in [0.4, 0.5) is 4.39 Å². The highest BCUT2D eigenvalue weighted by Gasteiger charge is 2.27. The summed E-state index contributed by atoms with van der Waals surface area (Å²) in [4.78, 5) is 13.7. The van der Waals surface area contributed by atoms with Gasteiger partial charge in [0.05, 0.1) is 5.56 Å². The van der Waals surface area contributed by atoms with E-state index in [-0.39, 0.29) is 23.9 Å². The van der Waals surface area contributed by atoms with E-state index in [2.05, 4.69) is 0 Å². The number of benzene rings is 1. The number of amides is 1. The molecule has 1 aromatic rings. The summed E-state index contributed by atoms with van der Waals surface area (Å²) in [7, 11) is 0. The predicted octanol–water partition coefficient (Wildman–Crippen LogP) is 2.32. The van der Waals surface area contributed by atoms with Gasteiger partial charge in [0, 0.05) is 18.1 Å². The van der Waals surface area contributed by atoms with Gasteiger partial charge < -0.3 is 10.6 Å². The molecule has 1 unspecified atom stereocenters. The maximum Gasteiger partial charge on any atom is 0.256 e. The molecule has 0 aliphatic carbocycles. The van der Waals surface area contributed by atoms with Crippen LogP contribution in [-0.4, -0.2) is 30.4 Å². The number of nitrogens with zero attached hydrogens (tertiary/aromatic N) is 1. The van der Waals surface area contributed by atoms with Crippen LogP contribution in [-0.2, 0) is 0 Å². The van der Waals surface area contributed by atoms with Crippen LogP contribution < -0.4 is 5.73 Å². The molecular weight excluding hydrogens is 278 g/mol. The first-order chi connectivity index (χ1) is 8.11. The highest BCUT2D eigenvalue weighted by Crippen LogP contribution is 2.21. The number of rotatable bonds is 2. The van der Waals surface area contributed by atoms with Crippen molar-refractivity contribution in [1.82, 2.24) is 4.90 Å². The molecule has 1 aliphatic heterocycles. The Bertz CT molecular complexity index is 442. The van der Waals surface area contributed by atoms with Gasteiger partial charge >= 0.3 is 0 Å². The molecule has 0 radical (unpaired) electrons. The van der Waals surface area contributed by atoms with Gasteiger partial charge in [0.15, 0.2) is 0 Å². The molecule has 1 heterocycles. The minimum atomic E-state index is -0.532. The van der Waals surface area contributed by atoms with E-state index in [1.54, 1.807) is 4.90 Å². The first kappa shape index (κ1) is 15.2. The minimum absolute atomic E-state index is 0. The Kier molecular flexibility index (Phi) is 5.38. The van der Waals surface area contributed by atoms with Crippen LogP contribution in [0.5, 0.6) is 0 Å². The summed E-state index contributed by atoms with van der Waals surface area (Å²) in [5, 5.41) is 0.365. The molecule has 2 N–H and O–H groups in total. The SMILES string of the molecule is Cl.NCC1CCN(C(=O)c2cc(Cl)ccc2F)C1. The Morgan fingerprint density at radius 2 is 2.28 bits per heavy atom. The average Bonchev–Trinajstić information content (AvgIpc) is 2.80. The Morgan fingerprint density at radius 1 is 1.56 bits per heavy atom. The van der Waals surface area contributed by atoms with Crippen molar-refractivity contribution in [2.45, 2.75) is 6.42 Å². The number of hydrogen-bond acceptors (Lipinski definition) is 2. The number of likely N-dealkylation sites (tertiary alicyclic amines) is 1. The van der Waals surface area contributed by atoms with Crippen molar-refractivity contribution in [3.63, 3.8) is 0 Å². The monoisotopic (exact) mass is 292 g/mol. The molecule has 18 heavy (non-hydrogen) atoms. The second-order valence-corrected chi connectivity index (χ2v) is 4.70. The number of nitrogens with two attached hydrogens (primary N) is 1. The summed E-state index contributed by atoms with van der Waals surface area (Å²) in [5.74, 6) is -0.516. The molecule has 1 aromatic carbocycles. The zero-order valence-electron chi connectivity index (χ0n) is 9.73. The van der Waals surface area contributed by atoms with E-state index in [0.717, 1.165) is 6.42 Å². The molecule has 1 saturated heterocycles. The second kappa shape index (κ2) is 6.36. The van der Waals surface area contributed by atoms with E-state index < -0.39 is 5.82 Å². The molecule has 1 atom stereocenters. The molecule has 1 aliphatic rings. The lowest BCUT2D eigenvalue weighted by atomic mass is 10.1. The third kappa shape index (κ3) is 3.13. The van der Waals surface area contributed by atoms with Crippen LogP contribution in [0.25, 0.3) is 0 Å². The summed E-state index contributed by atoms with van der Waals surface area (Å²) in [6.07, 6.45) is 0.879. The fourth-order valence-corrected chi connectivity index (χ4v) is 2.21. The van der Waals surface area contributed by atoms with Crippen molar-refractivity contribution >= 4 is 29.9 Å². The van der Waals surface area contributed by atoms with Crippen molar-refractivity contribution in [2.75, 3.05) is 19.6 Å². The Morgan fingerprint density at radius 3 is 2.89 bits per heavy atom. The summed E-state index contributed by atoms with van der Waals surface area (Å²) in [6, 6.07) is 4.02. The molecule has 1 amide bonds. The molecule has 100 valence electrons. The Labute approximate surface area is 116 Å². The van der Waals surface area contributed by atoms with Gasteiger partial charge in [-0.15, -0.1) is 12.4 Å². The highest BCUT2D eigenvalue weighted by atomic mass is 35.5. The van der Waals surface area contributed by atoms with Gasteiger partial charge in [-0.3, -0.25) is 4.79 Å². The van der Waals surface area contributed by atoms with Gasteiger partial charge in [-0.25, -0.2) is 4.39 Å². The molecule has 2 rings (SSSR count). The van der Waals surface area contributed by atoms with Crippen molar-refractivity contribution < 1.29 is 9.18 Å². The van der Waals surface area contributed by atoms with Gasteiger partial charge in [0.2, 0.25) is 0 Å². The molecule has 0 saturated carbocycles. The van der Waals surface area contributed by atoms with Crippen LogP contribution in [0.15, 0.2) is 18.2 Å². The van der Waals surface area contributed by atoms with E-state index in [0.29, 0.717) is 30.6 Å². The van der Waals surface area contributed by atoms with Crippen LogP contribution in [0.1, 0.15) is 16.8 Å². The van der Waals surface area contributed by atoms with Crippen molar-refractivity contribution in [3.05, 3.63) is 34.6 Å². The molecule has 0 spiro atoms. The van der Waals surface area contributed by atoms with E-state index in [4.69, 9.17) is 17.3 Å². The molecule has 1 fully saturated rings. The smallest absolute Gasteiger partial charge is 0.256 e. The van der Waals surface area contributed by atoms with Gasteiger partial charge in [-0.2, -0.15) is 0 Å². The van der Waals surface area contributed by atoms with Gasteiger partial charge in [-0.1, -0.05) is 11.6 Å². The van der Waals surface area contributed by atoms with Crippen LogP contribution in [0.2, 0.25) is 5.02 Å². The zero-order chi connectivity index (χ0) is 12.4. The Hall–Kier alpha value is -0.840. The van der Waals surface area contributed by atoms with Gasteiger partial charge in [-0.05, 0) is 37.1 Å². The third-order valence-electron chi connectivity index (χ3n) is 3.07.